The summed E-state index contributed by atoms with van der Waals surface area (Å²) in [6, 6.07) is 0. The zero-order valence-corrected chi connectivity index (χ0v) is 16.4. The second-order valence-electron chi connectivity index (χ2n) is 5.48. The van der Waals surface area contributed by atoms with Crippen molar-refractivity contribution in [2.24, 2.45) is 23.9 Å². The Morgan fingerprint density at radius 2 is 2.26 bits per heavy atom. The average Bonchev–Trinajstić information content (AvgIpc) is 3.09. The summed E-state index contributed by atoms with van der Waals surface area (Å²) >= 11 is 0. The Morgan fingerprint density at radius 3 is 2.83 bits per heavy atom. The van der Waals surface area contributed by atoms with Crippen LogP contribution in [0.3, 0.4) is 0 Å². The number of carbonyl (C=O) groups is 1. The normalized spacial score (nSPS) is 21.0. The number of nitrogens with zero attached hydrogens (tertiary/aromatic N) is 5. The summed E-state index contributed by atoms with van der Waals surface area (Å²) in [5.74, 6) is 1.57. The Balaban J connectivity index is 0.00000264. The third-order valence-corrected chi connectivity index (χ3v) is 3.93. The minimum absolute atomic E-state index is 0. The molecule has 130 valence electrons. The van der Waals surface area contributed by atoms with Gasteiger partial charge in [-0.15, -0.1) is 24.0 Å². The maximum absolute atomic E-state index is 11.8. The maximum Gasteiger partial charge on any atom is 0.310 e. The van der Waals surface area contributed by atoms with E-state index in [-0.39, 0.29) is 41.8 Å². The van der Waals surface area contributed by atoms with Gasteiger partial charge in [0, 0.05) is 26.7 Å². The highest BCUT2D eigenvalue weighted by Crippen LogP contribution is 2.24. The van der Waals surface area contributed by atoms with Crippen molar-refractivity contribution in [3.63, 3.8) is 0 Å². The zero-order valence-electron chi connectivity index (χ0n) is 14.0. The molecule has 1 aromatic rings. The fourth-order valence-electron chi connectivity index (χ4n) is 2.63. The van der Waals surface area contributed by atoms with Gasteiger partial charge in [0.2, 0.25) is 0 Å². The molecule has 23 heavy (non-hydrogen) atoms. The number of hydrogen-bond donors (Lipinski definition) is 1. The number of rotatable bonds is 4. The van der Waals surface area contributed by atoms with Crippen molar-refractivity contribution in [3.05, 3.63) is 12.2 Å². The number of aliphatic imine (C=N–C) groups is 1. The van der Waals surface area contributed by atoms with Crippen LogP contribution in [0.25, 0.3) is 0 Å². The minimum Gasteiger partial charge on any atom is -0.469 e. The topological polar surface area (TPSA) is 84.6 Å². The first-order chi connectivity index (χ1) is 10.6. The van der Waals surface area contributed by atoms with Gasteiger partial charge < -0.3 is 15.0 Å². The molecule has 0 spiro atoms. The number of guanidine groups is 1. The van der Waals surface area contributed by atoms with E-state index in [9.17, 15) is 4.79 Å². The van der Waals surface area contributed by atoms with Crippen LogP contribution < -0.4 is 5.32 Å². The SMILES string of the molecule is CCNC(=NCc1ncnn1C)N1CC(C)C(C(=O)OC)C1.I. The van der Waals surface area contributed by atoms with Gasteiger partial charge in [-0.05, 0) is 12.8 Å². The molecule has 9 heteroatoms. The van der Waals surface area contributed by atoms with Crippen molar-refractivity contribution in [2.75, 3.05) is 26.7 Å². The number of aryl methyl sites for hydroxylation is 1. The van der Waals surface area contributed by atoms with Crippen molar-refractivity contribution in [2.45, 2.75) is 20.4 Å². The van der Waals surface area contributed by atoms with Crippen LogP contribution in [-0.4, -0.2) is 58.3 Å². The molecule has 1 N–H and O–H groups in total. The standard InChI is InChI=1S/C14H24N6O2.HI/c1-5-15-14(16-6-12-17-9-18-19(12)3)20-7-10(2)11(8-20)13(21)22-4;/h9-11H,5-8H2,1-4H3,(H,15,16);1H. The molecule has 0 bridgehead atoms. The molecule has 0 amide bonds. The van der Waals surface area contributed by atoms with Gasteiger partial charge in [0.1, 0.15) is 18.7 Å². The minimum atomic E-state index is -0.154. The van der Waals surface area contributed by atoms with Crippen LogP contribution >= 0.6 is 24.0 Å². The zero-order chi connectivity index (χ0) is 16.1. The van der Waals surface area contributed by atoms with Gasteiger partial charge in [0.15, 0.2) is 5.96 Å². The summed E-state index contributed by atoms with van der Waals surface area (Å²) in [6.45, 7) is 6.71. The molecule has 2 unspecified atom stereocenters. The van der Waals surface area contributed by atoms with Crippen molar-refractivity contribution in [1.82, 2.24) is 25.0 Å². The molecule has 2 atom stereocenters. The van der Waals surface area contributed by atoms with Crippen LogP contribution in [0.4, 0.5) is 0 Å². The Labute approximate surface area is 153 Å². The molecule has 0 radical (unpaired) electrons. The van der Waals surface area contributed by atoms with Gasteiger partial charge in [0.05, 0.1) is 13.0 Å². The Kier molecular flexibility index (Phi) is 7.73. The largest absolute Gasteiger partial charge is 0.469 e. The van der Waals surface area contributed by atoms with Gasteiger partial charge in [-0.25, -0.2) is 9.98 Å². The molecule has 1 fully saturated rings. The number of nitrogens with one attached hydrogen (secondary N) is 1. The predicted octanol–water partition coefficient (Wildman–Crippen LogP) is 0.639. The summed E-state index contributed by atoms with van der Waals surface area (Å²) in [7, 11) is 3.28. The lowest BCUT2D eigenvalue weighted by Gasteiger charge is -2.21. The monoisotopic (exact) mass is 436 g/mol. The van der Waals surface area contributed by atoms with Crippen molar-refractivity contribution in [3.8, 4) is 0 Å². The van der Waals surface area contributed by atoms with E-state index >= 15 is 0 Å². The lowest BCUT2D eigenvalue weighted by atomic mass is 9.99. The average molecular weight is 436 g/mol. The first-order valence-corrected chi connectivity index (χ1v) is 7.50. The molecule has 1 aliphatic rings. The Hall–Kier alpha value is -1.39. The molecule has 1 aliphatic heterocycles. The highest BCUT2D eigenvalue weighted by molar-refractivity contribution is 14.0. The third kappa shape index (κ3) is 4.79. The van der Waals surface area contributed by atoms with E-state index in [4.69, 9.17) is 4.74 Å². The first-order valence-electron chi connectivity index (χ1n) is 7.50. The summed E-state index contributed by atoms with van der Waals surface area (Å²) in [5, 5.41) is 7.31. The van der Waals surface area contributed by atoms with E-state index < -0.39 is 0 Å². The van der Waals surface area contributed by atoms with Gasteiger partial charge in [-0.1, -0.05) is 6.92 Å². The van der Waals surface area contributed by atoms with E-state index in [2.05, 4.69) is 32.2 Å². The van der Waals surface area contributed by atoms with Crippen molar-refractivity contribution in [1.29, 1.82) is 0 Å². The van der Waals surface area contributed by atoms with E-state index in [1.807, 2.05) is 14.0 Å². The number of carbonyl (C=O) groups excluding carboxylic acids is 1. The molecule has 0 aliphatic carbocycles. The second-order valence-corrected chi connectivity index (χ2v) is 5.48. The first kappa shape index (κ1) is 19.7. The fourth-order valence-corrected chi connectivity index (χ4v) is 2.63. The molecule has 1 aromatic heterocycles. The molecule has 8 nitrogen and oxygen atoms in total. The highest BCUT2D eigenvalue weighted by Gasteiger charge is 2.36. The van der Waals surface area contributed by atoms with Gasteiger partial charge in [-0.2, -0.15) is 5.10 Å². The number of likely N-dealkylation sites (tertiary alicyclic amines) is 1. The van der Waals surface area contributed by atoms with E-state index in [0.717, 1.165) is 24.9 Å². The lowest BCUT2D eigenvalue weighted by Crippen LogP contribution is -2.40. The number of aromatic nitrogens is 3. The highest BCUT2D eigenvalue weighted by atomic mass is 127. The fraction of sp³-hybridized carbons (Fsp3) is 0.714. The van der Waals surface area contributed by atoms with Crippen LogP contribution in [0.1, 0.15) is 19.7 Å². The van der Waals surface area contributed by atoms with Gasteiger partial charge >= 0.3 is 5.97 Å². The molecular formula is C14H25IN6O2. The van der Waals surface area contributed by atoms with E-state index in [1.165, 1.54) is 13.4 Å². The van der Waals surface area contributed by atoms with Crippen LogP contribution in [0.5, 0.6) is 0 Å². The van der Waals surface area contributed by atoms with E-state index in [0.29, 0.717) is 13.1 Å². The lowest BCUT2D eigenvalue weighted by molar-refractivity contribution is -0.145. The number of halogens is 1. The summed E-state index contributed by atoms with van der Waals surface area (Å²) in [4.78, 5) is 22.7. The second kappa shape index (κ2) is 9.04. The van der Waals surface area contributed by atoms with Crippen molar-refractivity contribution < 1.29 is 9.53 Å². The number of ether oxygens (including phenoxy) is 1. The van der Waals surface area contributed by atoms with Crippen LogP contribution in [0.2, 0.25) is 0 Å². The smallest absolute Gasteiger partial charge is 0.310 e. The quantitative estimate of drug-likeness (QED) is 0.323. The van der Waals surface area contributed by atoms with Crippen molar-refractivity contribution >= 4 is 35.9 Å². The Morgan fingerprint density at radius 1 is 1.52 bits per heavy atom. The van der Waals surface area contributed by atoms with Gasteiger partial charge in [-0.3, -0.25) is 9.48 Å². The molecule has 1 saturated heterocycles. The summed E-state index contributed by atoms with van der Waals surface area (Å²) in [5.41, 5.74) is 0. The van der Waals surface area contributed by atoms with Gasteiger partial charge in [0.25, 0.3) is 0 Å². The maximum atomic E-state index is 11.8. The van der Waals surface area contributed by atoms with Crippen LogP contribution in [0, 0.1) is 11.8 Å². The molecular weight excluding hydrogens is 411 g/mol. The molecule has 2 rings (SSSR count). The molecule has 0 aromatic carbocycles. The Bertz CT molecular complexity index is 547. The molecule has 2 heterocycles. The predicted molar refractivity (Wildman–Crippen MR) is 97.5 cm³/mol. The van der Waals surface area contributed by atoms with E-state index in [1.54, 1.807) is 4.68 Å². The summed E-state index contributed by atoms with van der Waals surface area (Å²) in [6.07, 6.45) is 1.52. The number of hydrogen-bond acceptors (Lipinski definition) is 5. The summed E-state index contributed by atoms with van der Waals surface area (Å²) < 4.78 is 6.59. The molecule has 0 saturated carbocycles. The third-order valence-electron chi connectivity index (χ3n) is 3.93. The van der Waals surface area contributed by atoms with Crippen LogP contribution in [-0.2, 0) is 23.1 Å². The number of methoxy groups -OCH3 is 1. The van der Waals surface area contributed by atoms with Crippen LogP contribution in [0.15, 0.2) is 11.3 Å². The number of esters is 1.